The number of ether oxygens (including phenoxy) is 1. The van der Waals surface area contributed by atoms with Crippen molar-refractivity contribution >= 4 is 40.9 Å². The average Bonchev–Trinajstić information content (AvgIpc) is 2.98. The Labute approximate surface area is 155 Å². The summed E-state index contributed by atoms with van der Waals surface area (Å²) in [4.78, 5) is 16.1. The van der Waals surface area contributed by atoms with Gasteiger partial charge in [-0.05, 0) is 41.9 Å². The van der Waals surface area contributed by atoms with E-state index in [0.717, 1.165) is 6.42 Å². The number of esters is 1. The van der Waals surface area contributed by atoms with Gasteiger partial charge in [-0.25, -0.2) is 9.79 Å². The third-order valence-corrected chi connectivity index (χ3v) is 4.09. The fourth-order valence-corrected chi connectivity index (χ4v) is 2.60. The highest BCUT2D eigenvalue weighted by atomic mass is 35.5. The highest BCUT2D eigenvalue weighted by molar-refractivity contribution is 8.04. The summed E-state index contributed by atoms with van der Waals surface area (Å²) >= 11 is 7.45. The fraction of sp³-hybridized carbons (Fsp3) is 0.111. The molecule has 0 spiro atoms. The van der Waals surface area contributed by atoms with E-state index in [2.05, 4.69) is 11.6 Å². The number of carbonyl (C=O) groups is 1. The zero-order valence-corrected chi connectivity index (χ0v) is 14.9. The molecule has 1 aromatic rings. The summed E-state index contributed by atoms with van der Waals surface area (Å²) in [5, 5.41) is 13.3. The molecule has 0 saturated carbocycles. The number of halogens is 1. The molecule has 1 aromatic carbocycles. The molecule has 0 aromatic heterocycles. The van der Waals surface area contributed by atoms with Crippen molar-refractivity contribution in [2.45, 2.75) is 12.8 Å². The molecule has 0 atom stereocenters. The van der Waals surface area contributed by atoms with Crippen LogP contribution >= 0.6 is 23.4 Å². The molecule has 0 amide bonds. The number of rotatable bonds is 8. The quantitative estimate of drug-likeness (QED) is 0.218. The zero-order valence-electron chi connectivity index (χ0n) is 13.3. The molecule has 0 bridgehead atoms. The van der Waals surface area contributed by atoms with Gasteiger partial charge in [0.25, 0.3) is 0 Å². The maximum Gasteiger partial charge on any atom is 0.363 e. The Hall–Kier alpha value is -2.28. The summed E-state index contributed by atoms with van der Waals surface area (Å²) in [7, 11) is 0. The second-order valence-electron chi connectivity index (χ2n) is 4.85. The summed E-state index contributed by atoms with van der Waals surface area (Å²) in [6, 6.07) is 4.79. The van der Waals surface area contributed by atoms with Crippen molar-refractivity contribution in [2.75, 3.05) is 5.48 Å². The number of hydrogen-bond acceptors (Lipinski definition) is 6. The standard InChI is InChI=1S/C18H17ClN2O3S/c1-2-3-10-25-11-6-4-5-7-15-18(22)24-17(20-15)13-8-9-14(19)16(12-13)21-23/h2-3,6-12,21,23H,1,4-5H2/b10-3-,11-6-,15-7-. The Morgan fingerprint density at radius 3 is 2.96 bits per heavy atom. The molecule has 1 heterocycles. The van der Waals surface area contributed by atoms with Crippen LogP contribution in [0.25, 0.3) is 0 Å². The predicted molar refractivity (Wildman–Crippen MR) is 103 cm³/mol. The number of nitrogens with zero attached hydrogens (tertiary/aromatic N) is 1. The Balaban J connectivity index is 1.97. The molecule has 0 saturated heterocycles. The van der Waals surface area contributed by atoms with E-state index in [-0.39, 0.29) is 11.6 Å². The first kappa shape index (κ1) is 19.1. The van der Waals surface area contributed by atoms with Crippen LogP contribution in [0.4, 0.5) is 5.69 Å². The van der Waals surface area contributed by atoms with Crippen LogP contribution in [0.5, 0.6) is 0 Å². The smallest absolute Gasteiger partial charge is 0.363 e. The summed E-state index contributed by atoms with van der Waals surface area (Å²) in [6.07, 6.45) is 8.79. The lowest BCUT2D eigenvalue weighted by Gasteiger charge is -2.04. The first-order chi connectivity index (χ1) is 12.2. The maximum atomic E-state index is 11.9. The van der Waals surface area contributed by atoms with Crippen molar-refractivity contribution in [3.63, 3.8) is 0 Å². The second kappa shape index (κ2) is 9.88. The third-order valence-electron chi connectivity index (χ3n) is 3.09. The number of unbranched alkanes of at least 4 members (excludes halogenated alkanes) is 1. The zero-order chi connectivity index (χ0) is 18.1. The van der Waals surface area contributed by atoms with Gasteiger partial charge in [0.15, 0.2) is 0 Å². The van der Waals surface area contributed by atoms with Crippen LogP contribution in [0.15, 0.2) is 70.6 Å². The molecular formula is C18H17ClN2O3S. The van der Waals surface area contributed by atoms with E-state index in [1.807, 2.05) is 28.4 Å². The predicted octanol–water partition coefficient (Wildman–Crippen LogP) is 5.06. The number of thioether (sulfide) groups is 1. The second-order valence-corrected chi connectivity index (χ2v) is 6.08. The number of allylic oxidation sites excluding steroid dienone is 4. The summed E-state index contributed by atoms with van der Waals surface area (Å²) in [6.45, 7) is 3.59. The highest BCUT2D eigenvalue weighted by Gasteiger charge is 2.24. The van der Waals surface area contributed by atoms with Crippen LogP contribution in [0, 0.1) is 0 Å². The number of cyclic esters (lactones) is 1. The van der Waals surface area contributed by atoms with Crippen LogP contribution < -0.4 is 5.48 Å². The molecule has 5 nitrogen and oxygen atoms in total. The van der Waals surface area contributed by atoms with E-state index in [9.17, 15) is 4.79 Å². The van der Waals surface area contributed by atoms with Gasteiger partial charge in [0.1, 0.15) is 5.70 Å². The normalized spacial score (nSPS) is 15.8. The number of aliphatic imine (C=N–C) groups is 1. The monoisotopic (exact) mass is 376 g/mol. The van der Waals surface area contributed by atoms with Gasteiger partial charge in [0.05, 0.1) is 10.7 Å². The molecule has 2 N–H and O–H groups in total. The van der Waals surface area contributed by atoms with E-state index in [0.29, 0.717) is 22.7 Å². The molecule has 0 radical (unpaired) electrons. The topological polar surface area (TPSA) is 70.9 Å². The van der Waals surface area contributed by atoms with Crippen molar-refractivity contribution in [3.8, 4) is 0 Å². The number of anilines is 1. The Kier molecular flexibility index (Phi) is 7.53. The van der Waals surface area contributed by atoms with Crippen molar-refractivity contribution in [2.24, 2.45) is 4.99 Å². The Bertz CT molecular complexity index is 770. The van der Waals surface area contributed by atoms with Gasteiger partial charge >= 0.3 is 5.97 Å². The van der Waals surface area contributed by atoms with Gasteiger partial charge in [-0.15, -0.1) is 11.8 Å². The van der Waals surface area contributed by atoms with Crippen LogP contribution in [0.1, 0.15) is 18.4 Å². The summed E-state index contributed by atoms with van der Waals surface area (Å²) in [5.74, 6) is -0.305. The van der Waals surface area contributed by atoms with Gasteiger partial charge in [-0.3, -0.25) is 10.7 Å². The number of hydrogen-bond donors (Lipinski definition) is 2. The first-order valence-corrected chi connectivity index (χ1v) is 8.77. The van der Waals surface area contributed by atoms with Crippen LogP contribution in [0.3, 0.4) is 0 Å². The molecular weight excluding hydrogens is 360 g/mol. The lowest BCUT2D eigenvalue weighted by Crippen LogP contribution is -2.06. The summed E-state index contributed by atoms with van der Waals surface area (Å²) in [5.41, 5.74) is 3.11. The Morgan fingerprint density at radius 2 is 2.20 bits per heavy atom. The lowest BCUT2D eigenvalue weighted by atomic mass is 10.2. The maximum absolute atomic E-state index is 11.9. The molecule has 0 aliphatic carbocycles. The van der Waals surface area contributed by atoms with Gasteiger partial charge in [0.2, 0.25) is 5.90 Å². The number of carbonyl (C=O) groups excluding carboxylic acids is 1. The van der Waals surface area contributed by atoms with E-state index in [4.69, 9.17) is 21.5 Å². The molecule has 1 aliphatic rings. The molecule has 130 valence electrons. The van der Waals surface area contributed by atoms with Crippen LogP contribution in [-0.2, 0) is 9.53 Å². The largest absolute Gasteiger partial charge is 0.402 e. The Morgan fingerprint density at radius 1 is 1.36 bits per heavy atom. The van der Waals surface area contributed by atoms with Crippen molar-refractivity contribution in [1.82, 2.24) is 0 Å². The van der Waals surface area contributed by atoms with Gasteiger partial charge < -0.3 is 4.74 Å². The van der Waals surface area contributed by atoms with Gasteiger partial charge in [-0.1, -0.05) is 42.5 Å². The van der Waals surface area contributed by atoms with E-state index < -0.39 is 5.97 Å². The van der Waals surface area contributed by atoms with Crippen LogP contribution in [-0.4, -0.2) is 17.1 Å². The molecule has 2 rings (SSSR count). The van der Waals surface area contributed by atoms with Crippen LogP contribution in [0.2, 0.25) is 5.02 Å². The van der Waals surface area contributed by atoms with Crippen molar-refractivity contribution in [3.05, 3.63) is 76.2 Å². The minimum Gasteiger partial charge on any atom is -0.402 e. The molecule has 25 heavy (non-hydrogen) atoms. The van der Waals surface area contributed by atoms with E-state index in [1.165, 1.54) is 0 Å². The molecule has 0 fully saturated rings. The van der Waals surface area contributed by atoms with E-state index >= 15 is 0 Å². The molecule has 0 unspecified atom stereocenters. The molecule has 7 heteroatoms. The number of nitrogens with one attached hydrogen (secondary N) is 1. The summed E-state index contributed by atoms with van der Waals surface area (Å²) < 4.78 is 5.17. The lowest BCUT2D eigenvalue weighted by molar-refractivity contribution is -0.130. The minimum absolute atomic E-state index is 0.185. The van der Waals surface area contributed by atoms with E-state index in [1.54, 1.807) is 42.1 Å². The highest BCUT2D eigenvalue weighted by Crippen LogP contribution is 2.25. The first-order valence-electron chi connectivity index (χ1n) is 7.45. The minimum atomic E-state index is -0.490. The van der Waals surface area contributed by atoms with Gasteiger partial charge in [0, 0.05) is 5.56 Å². The SMILES string of the molecule is C=C/C=C\S/C=C\CC/C=C1\N=C(c2ccc(Cl)c(NO)c2)OC1=O. The van der Waals surface area contributed by atoms with Crippen molar-refractivity contribution in [1.29, 1.82) is 0 Å². The van der Waals surface area contributed by atoms with Gasteiger partial charge in [-0.2, -0.15) is 0 Å². The molecule has 1 aliphatic heterocycles. The van der Waals surface area contributed by atoms with Crippen molar-refractivity contribution < 1.29 is 14.7 Å². The number of benzene rings is 1. The fourth-order valence-electron chi connectivity index (χ4n) is 1.90. The average molecular weight is 377 g/mol. The third kappa shape index (κ3) is 5.63.